The Bertz CT molecular complexity index is 727. The highest BCUT2D eigenvalue weighted by molar-refractivity contribution is 5.96. The highest BCUT2D eigenvalue weighted by Crippen LogP contribution is 2.18. The van der Waals surface area contributed by atoms with Gasteiger partial charge in [-0.1, -0.05) is 30.3 Å². The normalized spacial score (nSPS) is 13.5. The number of carbonyl (C=O) groups excluding carboxylic acids is 2. The SMILES string of the molecule is CC(C)NC(=O)C[NH+](C)[C@H](C)C(=O)Nc1ccc2ccccc2c1. The van der Waals surface area contributed by atoms with Gasteiger partial charge in [0, 0.05) is 11.7 Å². The molecule has 0 fully saturated rings. The summed E-state index contributed by atoms with van der Waals surface area (Å²) < 4.78 is 0. The number of rotatable bonds is 6. The van der Waals surface area contributed by atoms with Gasteiger partial charge in [-0.25, -0.2) is 0 Å². The van der Waals surface area contributed by atoms with Crippen molar-refractivity contribution >= 4 is 28.3 Å². The van der Waals surface area contributed by atoms with Crippen molar-refractivity contribution in [3.05, 3.63) is 42.5 Å². The van der Waals surface area contributed by atoms with Gasteiger partial charge in [-0.05, 0) is 43.7 Å². The van der Waals surface area contributed by atoms with Crippen molar-refractivity contribution in [2.45, 2.75) is 32.9 Å². The van der Waals surface area contributed by atoms with Crippen LogP contribution in [0.4, 0.5) is 5.69 Å². The van der Waals surface area contributed by atoms with Crippen molar-refractivity contribution in [2.24, 2.45) is 0 Å². The highest BCUT2D eigenvalue weighted by atomic mass is 16.2. The van der Waals surface area contributed by atoms with E-state index in [1.165, 1.54) is 0 Å². The summed E-state index contributed by atoms with van der Waals surface area (Å²) in [5.41, 5.74) is 0.769. The first-order valence-corrected chi connectivity index (χ1v) is 8.28. The number of amides is 2. The molecule has 5 nitrogen and oxygen atoms in total. The van der Waals surface area contributed by atoms with Crippen LogP contribution in [0, 0.1) is 0 Å². The molecule has 0 aliphatic heterocycles. The van der Waals surface area contributed by atoms with Gasteiger partial charge in [0.1, 0.15) is 0 Å². The Kier molecular flexibility index (Phi) is 5.93. The Morgan fingerprint density at radius 2 is 1.71 bits per heavy atom. The fraction of sp³-hybridized carbons (Fsp3) is 0.368. The molecule has 2 amide bonds. The van der Waals surface area contributed by atoms with Crippen LogP contribution in [0.1, 0.15) is 20.8 Å². The monoisotopic (exact) mass is 328 g/mol. The van der Waals surface area contributed by atoms with Crippen LogP contribution in [0.2, 0.25) is 0 Å². The van der Waals surface area contributed by atoms with Gasteiger partial charge in [-0.15, -0.1) is 0 Å². The van der Waals surface area contributed by atoms with E-state index >= 15 is 0 Å². The van der Waals surface area contributed by atoms with Crippen molar-refractivity contribution < 1.29 is 14.5 Å². The summed E-state index contributed by atoms with van der Waals surface area (Å²) in [6.07, 6.45) is 0. The van der Waals surface area contributed by atoms with Gasteiger partial charge in [-0.2, -0.15) is 0 Å². The summed E-state index contributed by atoms with van der Waals surface area (Å²) in [5, 5.41) is 8.00. The van der Waals surface area contributed by atoms with Crippen LogP contribution in [0.15, 0.2) is 42.5 Å². The van der Waals surface area contributed by atoms with Crippen LogP contribution in [-0.4, -0.2) is 37.5 Å². The number of benzene rings is 2. The summed E-state index contributed by atoms with van der Waals surface area (Å²) in [7, 11) is 1.85. The molecule has 2 aromatic rings. The molecule has 2 rings (SSSR count). The van der Waals surface area contributed by atoms with Crippen molar-refractivity contribution in [1.82, 2.24) is 5.32 Å². The summed E-state index contributed by atoms with van der Waals surface area (Å²) in [5.74, 6) is -0.145. The number of anilines is 1. The third kappa shape index (κ3) is 4.80. The van der Waals surface area contributed by atoms with E-state index in [1.807, 2.05) is 70.3 Å². The van der Waals surface area contributed by atoms with Gasteiger partial charge in [0.25, 0.3) is 11.8 Å². The average Bonchev–Trinajstić information content (AvgIpc) is 2.53. The van der Waals surface area contributed by atoms with Crippen LogP contribution in [0.25, 0.3) is 10.8 Å². The van der Waals surface area contributed by atoms with Crippen LogP contribution in [0.5, 0.6) is 0 Å². The second-order valence-corrected chi connectivity index (χ2v) is 6.52. The molecule has 1 unspecified atom stereocenters. The van der Waals surface area contributed by atoms with Crippen molar-refractivity contribution in [3.63, 3.8) is 0 Å². The Hall–Kier alpha value is -2.40. The zero-order valence-corrected chi connectivity index (χ0v) is 14.7. The van der Waals surface area contributed by atoms with Crippen LogP contribution in [0.3, 0.4) is 0 Å². The molecule has 5 heteroatoms. The molecule has 128 valence electrons. The summed E-state index contributed by atoms with van der Waals surface area (Å²) in [6, 6.07) is 13.6. The van der Waals surface area contributed by atoms with Gasteiger partial charge >= 0.3 is 0 Å². The number of hydrogen-bond acceptors (Lipinski definition) is 2. The lowest BCUT2D eigenvalue weighted by Gasteiger charge is -2.21. The molecule has 0 aliphatic rings. The molecule has 0 spiro atoms. The van der Waals surface area contributed by atoms with Crippen molar-refractivity contribution in [1.29, 1.82) is 0 Å². The highest BCUT2D eigenvalue weighted by Gasteiger charge is 2.24. The minimum absolute atomic E-state index is 0.0483. The number of fused-ring (bicyclic) bond motifs is 1. The van der Waals surface area contributed by atoms with E-state index in [1.54, 1.807) is 0 Å². The zero-order valence-electron chi connectivity index (χ0n) is 14.7. The van der Waals surface area contributed by atoms with E-state index in [4.69, 9.17) is 0 Å². The first-order valence-electron chi connectivity index (χ1n) is 8.28. The Morgan fingerprint density at radius 1 is 1.04 bits per heavy atom. The number of likely N-dealkylation sites (N-methyl/N-ethyl adjacent to an activating group) is 1. The lowest BCUT2D eigenvalue weighted by Crippen LogP contribution is -3.15. The minimum atomic E-state index is -0.325. The number of nitrogens with one attached hydrogen (secondary N) is 3. The third-order valence-corrected chi connectivity index (χ3v) is 4.04. The third-order valence-electron chi connectivity index (χ3n) is 4.04. The molecule has 0 aromatic heterocycles. The van der Waals surface area contributed by atoms with E-state index < -0.39 is 0 Å². The van der Waals surface area contributed by atoms with Gasteiger partial charge in [0.2, 0.25) is 0 Å². The Labute approximate surface area is 143 Å². The lowest BCUT2D eigenvalue weighted by molar-refractivity contribution is -0.885. The second kappa shape index (κ2) is 7.93. The van der Waals surface area contributed by atoms with Crippen LogP contribution < -0.4 is 15.5 Å². The first kappa shape index (κ1) is 17.9. The lowest BCUT2D eigenvalue weighted by atomic mass is 10.1. The Morgan fingerprint density at radius 3 is 2.38 bits per heavy atom. The molecule has 0 bridgehead atoms. The predicted molar refractivity (Wildman–Crippen MR) is 97.1 cm³/mol. The maximum absolute atomic E-state index is 12.4. The van der Waals surface area contributed by atoms with E-state index in [9.17, 15) is 9.59 Å². The minimum Gasteiger partial charge on any atom is -0.349 e. The van der Waals surface area contributed by atoms with Gasteiger partial charge in [0.15, 0.2) is 12.6 Å². The molecule has 2 atom stereocenters. The van der Waals surface area contributed by atoms with Crippen molar-refractivity contribution in [2.75, 3.05) is 18.9 Å². The molecule has 0 radical (unpaired) electrons. The maximum atomic E-state index is 12.4. The van der Waals surface area contributed by atoms with Crippen LogP contribution in [-0.2, 0) is 9.59 Å². The molecule has 0 aliphatic carbocycles. The van der Waals surface area contributed by atoms with Gasteiger partial charge in [0.05, 0.1) is 7.05 Å². The quantitative estimate of drug-likeness (QED) is 0.746. The summed E-state index contributed by atoms with van der Waals surface area (Å²) >= 11 is 0. The molecule has 3 N–H and O–H groups in total. The number of hydrogen-bond donors (Lipinski definition) is 3. The topological polar surface area (TPSA) is 62.6 Å². The van der Waals surface area contributed by atoms with E-state index in [0.29, 0.717) is 0 Å². The van der Waals surface area contributed by atoms with Gasteiger partial charge in [-0.3, -0.25) is 9.59 Å². The first-order chi connectivity index (χ1) is 11.4. The van der Waals surface area contributed by atoms with E-state index in [-0.39, 0.29) is 30.4 Å². The maximum Gasteiger partial charge on any atom is 0.282 e. The molecule has 24 heavy (non-hydrogen) atoms. The predicted octanol–water partition coefficient (Wildman–Crippen LogP) is 1.21. The standard InChI is InChI=1S/C19H25N3O2/c1-13(2)20-18(23)12-22(4)14(3)19(24)21-17-10-9-15-7-5-6-8-16(15)11-17/h5-11,13-14H,12H2,1-4H3,(H,20,23)(H,21,24)/p+1/t14-/m1/s1. The summed E-state index contributed by atoms with van der Waals surface area (Å²) in [6.45, 7) is 5.94. The fourth-order valence-corrected chi connectivity index (χ4v) is 2.52. The number of quaternary nitrogens is 1. The molecule has 0 heterocycles. The van der Waals surface area contributed by atoms with E-state index in [0.717, 1.165) is 21.4 Å². The average molecular weight is 328 g/mol. The molecule has 0 saturated carbocycles. The zero-order chi connectivity index (χ0) is 17.7. The molecule has 2 aromatic carbocycles. The molecular formula is C19H26N3O2+. The Balaban J connectivity index is 1.98. The fourth-order valence-electron chi connectivity index (χ4n) is 2.52. The van der Waals surface area contributed by atoms with Crippen LogP contribution >= 0.6 is 0 Å². The van der Waals surface area contributed by atoms with Gasteiger partial charge < -0.3 is 15.5 Å². The number of carbonyl (C=O) groups is 2. The smallest absolute Gasteiger partial charge is 0.282 e. The van der Waals surface area contributed by atoms with E-state index in [2.05, 4.69) is 10.6 Å². The largest absolute Gasteiger partial charge is 0.349 e. The second-order valence-electron chi connectivity index (χ2n) is 6.52. The molecule has 0 saturated heterocycles. The summed E-state index contributed by atoms with van der Waals surface area (Å²) in [4.78, 5) is 25.1. The van der Waals surface area contributed by atoms with Crippen molar-refractivity contribution in [3.8, 4) is 0 Å². The molecular weight excluding hydrogens is 302 g/mol.